The maximum absolute atomic E-state index is 12.0. The number of hydrogen-bond donors (Lipinski definition) is 2. The van der Waals surface area contributed by atoms with Gasteiger partial charge >= 0.3 is 0 Å². The summed E-state index contributed by atoms with van der Waals surface area (Å²) in [4.78, 5) is 32.8. The van der Waals surface area contributed by atoms with E-state index in [4.69, 9.17) is 0 Å². The number of hydrogen-bond acceptors (Lipinski definition) is 5. The average molecular weight is 283 g/mol. The van der Waals surface area contributed by atoms with Crippen LogP contribution in [0.4, 0.5) is 11.5 Å². The van der Waals surface area contributed by atoms with Crippen LogP contribution in [0, 0.1) is 10.1 Å². The van der Waals surface area contributed by atoms with Gasteiger partial charge in [-0.15, -0.1) is 0 Å². The third-order valence-corrected chi connectivity index (χ3v) is 2.80. The van der Waals surface area contributed by atoms with Gasteiger partial charge in [0, 0.05) is 6.07 Å². The summed E-state index contributed by atoms with van der Waals surface area (Å²) in [5, 5.41) is 13.0. The minimum Gasteiger partial charge on any atom is -0.334 e. The van der Waals surface area contributed by atoms with Crippen LogP contribution in [0.25, 0.3) is 11.0 Å². The molecule has 1 amide bonds. The van der Waals surface area contributed by atoms with E-state index >= 15 is 0 Å². The quantitative estimate of drug-likeness (QED) is 0.564. The van der Waals surface area contributed by atoms with Crippen molar-refractivity contribution in [2.75, 3.05) is 5.32 Å². The summed E-state index contributed by atoms with van der Waals surface area (Å²) in [6, 6.07) is 9.87. The Bertz CT molecular complexity index is 792. The molecule has 104 valence electrons. The van der Waals surface area contributed by atoms with Gasteiger partial charge in [-0.2, -0.15) is 0 Å². The standard InChI is InChI=1S/C13H9N5O3/c19-13(12-15-9-3-1-2-4-10(9)16-12)17-11-6-5-8(7-14-11)18(20)21/h1-7H,(H,15,16)(H,14,17,19). The van der Waals surface area contributed by atoms with Crippen molar-refractivity contribution in [3.8, 4) is 0 Å². The third kappa shape index (κ3) is 2.54. The normalized spacial score (nSPS) is 10.5. The molecule has 0 unspecified atom stereocenters. The van der Waals surface area contributed by atoms with Crippen LogP contribution in [0.3, 0.4) is 0 Å². The second kappa shape index (κ2) is 5.00. The minimum absolute atomic E-state index is 0.142. The molecule has 2 heterocycles. The molecule has 0 aliphatic heterocycles. The highest BCUT2D eigenvalue weighted by molar-refractivity contribution is 6.02. The lowest BCUT2D eigenvalue weighted by molar-refractivity contribution is -0.385. The lowest BCUT2D eigenvalue weighted by atomic mass is 10.3. The van der Waals surface area contributed by atoms with Crippen LogP contribution in [0.15, 0.2) is 42.6 Å². The fourth-order valence-electron chi connectivity index (χ4n) is 1.80. The largest absolute Gasteiger partial charge is 0.334 e. The van der Waals surface area contributed by atoms with Crippen molar-refractivity contribution in [2.45, 2.75) is 0 Å². The number of pyridine rings is 1. The molecule has 0 bridgehead atoms. The number of aromatic amines is 1. The molecule has 8 nitrogen and oxygen atoms in total. The number of benzene rings is 1. The van der Waals surface area contributed by atoms with E-state index in [0.29, 0.717) is 5.52 Å². The number of fused-ring (bicyclic) bond motifs is 1. The third-order valence-electron chi connectivity index (χ3n) is 2.80. The minimum atomic E-state index is -0.558. The molecule has 2 aromatic heterocycles. The molecule has 0 fully saturated rings. The van der Waals surface area contributed by atoms with Gasteiger partial charge in [0.2, 0.25) is 0 Å². The van der Waals surface area contributed by atoms with Crippen molar-refractivity contribution >= 4 is 28.4 Å². The Morgan fingerprint density at radius 2 is 2.05 bits per heavy atom. The van der Waals surface area contributed by atoms with Crippen molar-refractivity contribution in [2.24, 2.45) is 0 Å². The number of carbonyl (C=O) groups excluding carboxylic acids is 1. The van der Waals surface area contributed by atoms with Crippen LogP contribution in [0.5, 0.6) is 0 Å². The maximum Gasteiger partial charge on any atom is 0.292 e. The highest BCUT2D eigenvalue weighted by Crippen LogP contribution is 2.14. The van der Waals surface area contributed by atoms with Gasteiger partial charge in [-0.25, -0.2) is 9.97 Å². The summed E-state index contributed by atoms with van der Waals surface area (Å²) in [7, 11) is 0. The molecule has 3 rings (SSSR count). The first-order valence-corrected chi connectivity index (χ1v) is 6.00. The first-order valence-electron chi connectivity index (χ1n) is 6.00. The molecule has 1 aromatic carbocycles. The van der Waals surface area contributed by atoms with E-state index in [-0.39, 0.29) is 17.3 Å². The summed E-state index contributed by atoms with van der Waals surface area (Å²) in [6.45, 7) is 0. The Labute approximate surface area is 118 Å². The molecule has 0 spiro atoms. The van der Waals surface area contributed by atoms with E-state index in [1.165, 1.54) is 12.1 Å². The maximum atomic E-state index is 12.0. The number of nitrogens with one attached hydrogen (secondary N) is 2. The molecule has 0 aliphatic carbocycles. The highest BCUT2D eigenvalue weighted by atomic mass is 16.6. The van der Waals surface area contributed by atoms with Crippen LogP contribution in [0.1, 0.15) is 10.6 Å². The van der Waals surface area contributed by atoms with Crippen molar-refractivity contribution in [1.82, 2.24) is 15.0 Å². The summed E-state index contributed by atoms with van der Waals surface area (Å²) in [6.07, 6.45) is 1.08. The number of nitrogens with zero attached hydrogens (tertiary/aromatic N) is 3. The molecule has 0 aliphatic rings. The number of rotatable bonds is 3. The number of nitro groups is 1. The van der Waals surface area contributed by atoms with Gasteiger partial charge < -0.3 is 10.3 Å². The van der Waals surface area contributed by atoms with Crippen LogP contribution < -0.4 is 5.32 Å². The lowest BCUT2D eigenvalue weighted by Crippen LogP contribution is -2.14. The molecule has 3 aromatic rings. The van der Waals surface area contributed by atoms with Gasteiger partial charge in [0.1, 0.15) is 12.0 Å². The molecule has 21 heavy (non-hydrogen) atoms. The Hall–Kier alpha value is -3.29. The zero-order valence-electron chi connectivity index (χ0n) is 10.6. The predicted octanol–water partition coefficient (Wildman–Crippen LogP) is 2.12. The smallest absolute Gasteiger partial charge is 0.292 e. The monoisotopic (exact) mass is 283 g/mol. The first-order chi connectivity index (χ1) is 10.1. The van der Waals surface area contributed by atoms with Gasteiger partial charge in [-0.3, -0.25) is 14.9 Å². The Morgan fingerprint density at radius 3 is 2.71 bits per heavy atom. The van der Waals surface area contributed by atoms with Crippen LogP contribution in [-0.4, -0.2) is 25.8 Å². The van der Waals surface area contributed by atoms with Gasteiger partial charge in [0.15, 0.2) is 5.82 Å². The number of para-hydroxylation sites is 2. The second-order valence-electron chi connectivity index (χ2n) is 4.22. The fourth-order valence-corrected chi connectivity index (χ4v) is 1.80. The fraction of sp³-hybridized carbons (Fsp3) is 0. The zero-order valence-corrected chi connectivity index (χ0v) is 10.6. The zero-order chi connectivity index (χ0) is 14.8. The summed E-state index contributed by atoms with van der Waals surface area (Å²) in [5.41, 5.74) is 1.29. The first kappa shape index (κ1) is 12.7. The number of imidazole rings is 1. The van der Waals surface area contributed by atoms with E-state index < -0.39 is 10.8 Å². The molecule has 0 saturated carbocycles. The number of aromatic nitrogens is 3. The van der Waals surface area contributed by atoms with Gasteiger partial charge in [-0.05, 0) is 18.2 Å². The van der Waals surface area contributed by atoms with E-state index in [1.807, 2.05) is 18.2 Å². The topological polar surface area (TPSA) is 114 Å². The number of amides is 1. The number of carbonyl (C=O) groups is 1. The predicted molar refractivity (Wildman–Crippen MR) is 74.9 cm³/mol. The molecule has 0 saturated heterocycles. The Balaban J connectivity index is 1.80. The van der Waals surface area contributed by atoms with Crippen LogP contribution in [-0.2, 0) is 0 Å². The Morgan fingerprint density at radius 1 is 1.24 bits per heavy atom. The summed E-state index contributed by atoms with van der Waals surface area (Å²) >= 11 is 0. The van der Waals surface area contributed by atoms with Gasteiger partial charge in [-0.1, -0.05) is 12.1 Å². The van der Waals surface area contributed by atoms with Crippen molar-refractivity contribution in [3.63, 3.8) is 0 Å². The number of anilines is 1. The highest BCUT2D eigenvalue weighted by Gasteiger charge is 2.13. The Kier molecular flexibility index (Phi) is 3.03. The van der Waals surface area contributed by atoms with Crippen LogP contribution in [0.2, 0.25) is 0 Å². The van der Waals surface area contributed by atoms with Gasteiger partial charge in [0.05, 0.1) is 16.0 Å². The molecule has 8 heteroatoms. The van der Waals surface area contributed by atoms with Crippen molar-refractivity contribution < 1.29 is 9.72 Å². The average Bonchev–Trinajstić information content (AvgIpc) is 2.92. The molecule has 0 radical (unpaired) electrons. The molecular weight excluding hydrogens is 274 g/mol. The van der Waals surface area contributed by atoms with E-state index in [2.05, 4.69) is 20.3 Å². The number of H-pyrrole nitrogens is 1. The molecule has 2 N–H and O–H groups in total. The van der Waals surface area contributed by atoms with Gasteiger partial charge in [0.25, 0.3) is 11.6 Å². The molecule has 0 atom stereocenters. The van der Waals surface area contributed by atoms with Crippen LogP contribution >= 0.6 is 0 Å². The summed E-state index contributed by atoms with van der Waals surface area (Å²) in [5.74, 6) is -0.102. The van der Waals surface area contributed by atoms with Crippen molar-refractivity contribution in [3.05, 3.63) is 58.5 Å². The SMILES string of the molecule is O=C(Nc1ccc([N+](=O)[O-])cn1)c1nc2ccccc2[nH]1. The molecular formula is C13H9N5O3. The van der Waals surface area contributed by atoms with Crippen molar-refractivity contribution in [1.29, 1.82) is 0 Å². The summed E-state index contributed by atoms with van der Waals surface area (Å²) < 4.78 is 0. The van der Waals surface area contributed by atoms with E-state index in [1.54, 1.807) is 6.07 Å². The van der Waals surface area contributed by atoms with E-state index in [0.717, 1.165) is 11.7 Å². The second-order valence-corrected chi connectivity index (χ2v) is 4.22. The van der Waals surface area contributed by atoms with E-state index in [9.17, 15) is 14.9 Å². The lowest BCUT2D eigenvalue weighted by Gasteiger charge is -2.01.